The van der Waals surface area contributed by atoms with Crippen molar-refractivity contribution in [3.8, 4) is 0 Å². The molecular weight excluding hydrogens is 350 g/mol. The highest BCUT2D eigenvalue weighted by Crippen LogP contribution is 2.31. The van der Waals surface area contributed by atoms with Crippen LogP contribution in [0.2, 0.25) is 0 Å². The number of Topliss-reactive ketones (excluding diaryl/α,β-unsaturated/α-hetero) is 1. The molecule has 1 aromatic carbocycles. The highest BCUT2D eigenvalue weighted by molar-refractivity contribution is 5.97. The second-order valence-electron chi connectivity index (χ2n) is 7.89. The van der Waals surface area contributed by atoms with Crippen LogP contribution >= 0.6 is 0 Å². The van der Waals surface area contributed by atoms with Crippen LogP contribution in [0.5, 0.6) is 0 Å². The molecule has 5 nitrogen and oxygen atoms in total. The molecule has 2 aliphatic rings. The van der Waals surface area contributed by atoms with Crippen molar-refractivity contribution in [3.63, 3.8) is 0 Å². The molecule has 1 saturated heterocycles. The third-order valence-corrected chi connectivity index (χ3v) is 6.16. The van der Waals surface area contributed by atoms with Gasteiger partial charge in [-0.3, -0.25) is 14.7 Å². The van der Waals surface area contributed by atoms with Crippen molar-refractivity contribution in [1.82, 2.24) is 9.88 Å². The molecular formula is C23H31N3O2. The number of carbonyl (C=O) groups excluding carboxylic acids is 1. The van der Waals surface area contributed by atoms with E-state index in [0.717, 1.165) is 49.3 Å². The van der Waals surface area contributed by atoms with Crippen LogP contribution in [0, 0.1) is 12.8 Å². The van der Waals surface area contributed by atoms with Crippen LogP contribution in [-0.2, 0) is 12.8 Å². The van der Waals surface area contributed by atoms with Crippen LogP contribution in [-0.4, -0.2) is 46.0 Å². The van der Waals surface area contributed by atoms with Gasteiger partial charge in [0.2, 0.25) is 0 Å². The Morgan fingerprint density at radius 3 is 2.61 bits per heavy atom. The number of fused-ring (bicyclic) bond motifs is 1. The zero-order chi connectivity index (χ0) is 19.0. The van der Waals surface area contributed by atoms with E-state index in [1.807, 2.05) is 31.2 Å². The van der Waals surface area contributed by atoms with Crippen LogP contribution in [0.15, 0.2) is 36.5 Å². The molecule has 4 rings (SSSR count). The molecule has 150 valence electrons. The van der Waals surface area contributed by atoms with Crippen LogP contribution in [0.1, 0.15) is 47.4 Å². The lowest BCUT2D eigenvalue weighted by molar-refractivity contribution is 0.0241. The molecule has 1 fully saturated rings. The molecule has 0 spiro atoms. The third kappa shape index (κ3) is 3.96. The normalized spacial score (nSPS) is 22.9. The Labute approximate surface area is 167 Å². The van der Waals surface area contributed by atoms with Gasteiger partial charge in [0, 0.05) is 41.5 Å². The van der Waals surface area contributed by atoms with Crippen molar-refractivity contribution in [1.29, 1.82) is 0 Å². The minimum Gasteiger partial charge on any atom is -0.398 e. The summed E-state index contributed by atoms with van der Waals surface area (Å²) in [6.07, 6.45) is 4.39. The molecule has 2 aromatic rings. The number of nitrogens with two attached hydrogens (primary N) is 1. The number of rotatable bonds is 3. The fourth-order valence-corrected chi connectivity index (χ4v) is 4.52. The molecule has 0 saturated carbocycles. The van der Waals surface area contributed by atoms with E-state index >= 15 is 0 Å². The number of nitrogens with zero attached hydrogens (tertiary/aromatic N) is 2. The van der Waals surface area contributed by atoms with Crippen LogP contribution < -0.4 is 5.73 Å². The van der Waals surface area contributed by atoms with Gasteiger partial charge in [0.25, 0.3) is 0 Å². The summed E-state index contributed by atoms with van der Waals surface area (Å²) < 4.78 is 0. The SMILES string of the molecule is C.Cc1ccc(C(=O)C2CCN(C3Cc4c(N)cccc4CC3O)CC2)cn1. The van der Waals surface area contributed by atoms with E-state index in [1.54, 1.807) is 6.20 Å². The Hall–Kier alpha value is -2.24. The predicted molar refractivity (Wildman–Crippen MR) is 112 cm³/mol. The first-order valence-corrected chi connectivity index (χ1v) is 9.78. The second-order valence-corrected chi connectivity index (χ2v) is 7.89. The number of aryl methyl sites for hydroxylation is 1. The maximum Gasteiger partial charge on any atom is 0.167 e. The first-order valence-electron chi connectivity index (χ1n) is 9.78. The summed E-state index contributed by atoms with van der Waals surface area (Å²) in [4.78, 5) is 19.3. The molecule has 28 heavy (non-hydrogen) atoms. The predicted octanol–water partition coefficient (Wildman–Crippen LogP) is 3.03. The van der Waals surface area contributed by atoms with Gasteiger partial charge in [-0.25, -0.2) is 0 Å². The van der Waals surface area contributed by atoms with Gasteiger partial charge >= 0.3 is 0 Å². The van der Waals surface area contributed by atoms with E-state index in [-0.39, 0.29) is 31.3 Å². The fraction of sp³-hybridized carbons (Fsp3) is 0.478. The highest BCUT2D eigenvalue weighted by Gasteiger charge is 2.35. The summed E-state index contributed by atoms with van der Waals surface area (Å²) in [5, 5.41) is 10.7. The van der Waals surface area contributed by atoms with Crippen molar-refractivity contribution < 1.29 is 9.90 Å². The topological polar surface area (TPSA) is 79.5 Å². The summed E-state index contributed by atoms with van der Waals surface area (Å²) in [5.74, 6) is 0.241. The highest BCUT2D eigenvalue weighted by atomic mass is 16.3. The van der Waals surface area contributed by atoms with Gasteiger partial charge < -0.3 is 10.8 Å². The number of benzene rings is 1. The second kappa shape index (κ2) is 8.41. The summed E-state index contributed by atoms with van der Waals surface area (Å²) >= 11 is 0. The first-order chi connectivity index (χ1) is 13.0. The molecule has 1 aliphatic heterocycles. The number of pyridine rings is 1. The number of aliphatic hydroxyl groups is 1. The molecule has 2 unspecified atom stereocenters. The number of anilines is 1. The monoisotopic (exact) mass is 381 g/mol. The van der Waals surface area contributed by atoms with Crippen molar-refractivity contribution in [2.24, 2.45) is 5.92 Å². The first kappa shape index (κ1) is 20.5. The summed E-state index contributed by atoms with van der Waals surface area (Å²) in [5.41, 5.74) is 11.0. The average Bonchev–Trinajstić information content (AvgIpc) is 2.68. The van der Waals surface area contributed by atoms with Crippen LogP contribution in [0.25, 0.3) is 0 Å². The number of aliphatic hydroxyl groups excluding tert-OH is 1. The molecule has 1 aliphatic carbocycles. The van der Waals surface area contributed by atoms with Gasteiger partial charge in [-0.1, -0.05) is 19.6 Å². The van der Waals surface area contributed by atoms with E-state index in [9.17, 15) is 9.90 Å². The van der Waals surface area contributed by atoms with E-state index in [1.165, 1.54) is 5.56 Å². The number of hydrogen-bond acceptors (Lipinski definition) is 5. The molecule has 0 amide bonds. The van der Waals surface area contributed by atoms with Crippen molar-refractivity contribution in [2.45, 2.75) is 52.2 Å². The standard InChI is InChI=1S/C22H27N3O2.CH4/c1-14-5-6-17(13-24-14)22(27)15-7-9-25(10-8-15)20-12-18-16(11-21(20)26)3-2-4-19(18)23;/h2-6,13,15,20-21,26H,7-12,23H2,1H3;1H4. The fourth-order valence-electron chi connectivity index (χ4n) is 4.52. The number of aromatic nitrogens is 1. The minimum absolute atomic E-state index is 0. The average molecular weight is 382 g/mol. The van der Waals surface area contributed by atoms with Gasteiger partial charge in [0.1, 0.15) is 0 Å². The number of piperidine rings is 1. The number of ketones is 1. The minimum atomic E-state index is -0.382. The molecule has 2 heterocycles. The molecule has 2 atom stereocenters. The Morgan fingerprint density at radius 2 is 1.93 bits per heavy atom. The van der Waals surface area contributed by atoms with Gasteiger partial charge in [0.15, 0.2) is 5.78 Å². The number of nitrogen functional groups attached to an aromatic ring is 1. The lowest BCUT2D eigenvalue weighted by atomic mass is 9.82. The molecule has 0 bridgehead atoms. The Bertz CT molecular complexity index is 826. The zero-order valence-electron chi connectivity index (χ0n) is 15.8. The zero-order valence-corrected chi connectivity index (χ0v) is 15.8. The third-order valence-electron chi connectivity index (χ3n) is 6.16. The van der Waals surface area contributed by atoms with Crippen molar-refractivity contribution in [2.75, 3.05) is 18.8 Å². The summed E-state index contributed by atoms with van der Waals surface area (Å²) in [6, 6.07) is 9.81. The van der Waals surface area contributed by atoms with Crippen molar-refractivity contribution >= 4 is 11.5 Å². The molecule has 3 N–H and O–H groups in total. The molecule has 0 radical (unpaired) electrons. The van der Waals surface area contributed by atoms with Gasteiger partial charge in [-0.05, 0) is 68.6 Å². The van der Waals surface area contributed by atoms with Crippen molar-refractivity contribution in [3.05, 3.63) is 58.9 Å². The van der Waals surface area contributed by atoms with Crippen LogP contribution in [0.3, 0.4) is 0 Å². The summed E-state index contributed by atoms with van der Waals surface area (Å²) in [6.45, 7) is 3.59. The number of carbonyl (C=O) groups is 1. The lowest BCUT2D eigenvalue weighted by Gasteiger charge is -2.42. The number of likely N-dealkylation sites (tertiary alicyclic amines) is 1. The molecule has 1 aromatic heterocycles. The van der Waals surface area contributed by atoms with E-state index in [0.29, 0.717) is 12.0 Å². The lowest BCUT2D eigenvalue weighted by Crippen LogP contribution is -2.51. The Morgan fingerprint density at radius 1 is 1.18 bits per heavy atom. The van der Waals surface area contributed by atoms with E-state index in [4.69, 9.17) is 5.73 Å². The van der Waals surface area contributed by atoms with Gasteiger partial charge in [0.05, 0.1) is 6.10 Å². The van der Waals surface area contributed by atoms with Crippen LogP contribution in [0.4, 0.5) is 5.69 Å². The Kier molecular flexibility index (Phi) is 6.16. The maximum atomic E-state index is 12.7. The smallest absolute Gasteiger partial charge is 0.167 e. The quantitative estimate of drug-likeness (QED) is 0.631. The molecule has 5 heteroatoms. The van der Waals surface area contributed by atoms with E-state index in [2.05, 4.69) is 16.0 Å². The Balaban J connectivity index is 0.00000225. The maximum absolute atomic E-state index is 12.7. The number of hydrogen-bond donors (Lipinski definition) is 2. The summed E-state index contributed by atoms with van der Waals surface area (Å²) in [7, 11) is 0. The van der Waals surface area contributed by atoms with Gasteiger partial charge in [-0.2, -0.15) is 0 Å². The van der Waals surface area contributed by atoms with Gasteiger partial charge in [-0.15, -0.1) is 0 Å². The van der Waals surface area contributed by atoms with E-state index < -0.39 is 0 Å². The largest absolute Gasteiger partial charge is 0.398 e.